The smallest absolute Gasteiger partial charge is 0.154 e. The van der Waals surface area contributed by atoms with Gasteiger partial charge in [0.05, 0.1) is 0 Å². The standard InChI is InChI=1S/C28H17N3O2/c1-2-6-18(7-3-1)31(19-10-11-24-21(16-19)22-17-29-15-14-25(22)32-24)27-13-12-26-28(30-27)20-8-4-5-9-23(20)33-26/h1-17H. The van der Waals surface area contributed by atoms with E-state index in [2.05, 4.69) is 34.1 Å². The van der Waals surface area contributed by atoms with E-state index in [0.29, 0.717) is 0 Å². The Balaban J connectivity index is 1.48. The zero-order chi connectivity index (χ0) is 21.8. The number of hydrogen-bond acceptors (Lipinski definition) is 5. The van der Waals surface area contributed by atoms with Crippen LogP contribution in [-0.4, -0.2) is 9.97 Å². The largest absolute Gasteiger partial charge is 0.456 e. The molecule has 0 aliphatic heterocycles. The van der Waals surface area contributed by atoms with E-state index in [-0.39, 0.29) is 0 Å². The van der Waals surface area contributed by atoms with Crippen molar-refractivity contribution in [3.05, 3.63) is 103 Å². The van der Waals surface area contributed by atoms with Gasteiger partial charge in [-0.1, -0.05) is 30.3 Å². The van der Waals surface area contributed by atoms with Crippen molar-refractivity contribution in [3.8, 4) is 0 Å². The van der Waals surface area contributed by atoms with Crippen LogP contribution in [0.15, 0.2) is 112 Å². The Labute approximate surface area is 188 Å². The molecule has 156 valence electrons. The second-order valence-corrected chi connectivity index (χ2v) is 7.94. The summed E-state index contributed by atoms with van der Waals surface area (Å²) in [6.07, 6.45) is 3.59. The van der Waals surface area contributed by atoms with E-state index in [9.17, 15) is 0 Å². The predicted molar refractivity (Wildman–Crippen MR) is 131 cm³/mol. The number of nitrogens with zero attached hydrogens (tertiary/aromatic N) is 3. The molecule has 5 heteroatoms. The molecule has 5 nitrogen and oxygen atoms in total. The van der Waals surface area contributed by atoms with Gasteiger partial charge in [-0.3, -0.25) is 9.88 Å². The minimum atomic E-state index is 0.773. The summed E-state index contributed by atoms with van der Waals surface area (Å²) in [5, 5.41) is 3.02. The molecule has 3 aromatic carbocycles. The van der Waals surface area contributed by atoms with E-state index in [1.165, 1.54) is 0 Å². The number of anilines is 3. The van der Waals surface area contributed by atoms with Gasteiger partial charge in [-0.05, 0) is 60.7 Å². The highest BCUT2D eigenvalue weighted by molar-refractivity contribution is 6.06. The Hall–Kier alpha value is -4.64. The van der Waals surface area contributed by atoms with Crippen LogP contribution in [0.3, 0.4) is 0 Å². The second-order valence-electron chi connectivity index (χ2n) is 7.94. The molecule has 0 fully saturated rings. The minimum absolute atomic E-state index is 0.773. The molecule has 0 unspecified atom stereocenters. The first kappa shape index (κ1) is 18.0. The first-order valence-electron chi connectivity index (χ1n) is 10.7. The van der Waals surface area contributed by atoms with E-state index < -0.39 is 0 Å². The van der Waals surface area contributed by atoms with Crippen molar-refractivity contribution in [1.82, 2.24) is 9.97 Å². The molecule has 0 saturated carbocycles. The van der Waals surface area contributed by atoms with Gasteiger partial charge in [-0.15, -0.1) is 0 Å². The van der Waals surface area contributed by atoms with Crippen molar-refractivity contribution in [2.24, 2.45) is 0 Å². The average Bonchev–Trinajstić information content (AvgIpc) is 3.43. The molecule has 4 aromatic heterocycles. The van der Waals surface area contributed by atoms with Crippen LogP contribution >= 0.6 is 0 Å². The third-order valence-electron chi connectivity index (χ3n) is 5.96. The monoisotopic (exact) mass is 427 g/mol. The van der Waals surface area contributed by atoms with Crippen molar-refractivity contribution < 1.29 is 8.83 Å². The fourth-order valence-electron chi connectivity index (χ4n) is 4.44. The summed E-state index contributed by atoms with van der Waals surface area (Å²) in [6.45, 7) is 0. The first-order valence-corrected chi connectivity index (χ1v) is 10.7. The highest BCUT2D eigenvalue weighted by Crippen LogP contribution is 2.39. The van der Waals surface area contributed by atoms with Crippen LogP contribution in [0.25, 0.3) is 44.0 Å². The van der Waals surface area contributed by atoms with Crippen LogP contribution in [0.1, 0.15) is 0 Å². The lowest BCUT2D eigenvalue weighted by molar-refractivity contribution is 0.668. The summed E-state index contributed by atoms with van der Waals surface area (Å²) in [6, 6.07) is 30.3. The number of rotatable bonds is 3. The van der Waals surface area contributed by atoms with Crippen LogP contribution in [-0.2, 0) is 0 Å². The summed E-state index contributed by atoms with van der Waals surface area (Å²) in [4.78, 5) is 11.5. The van der Waals surface area contributed by atoms with Gasteiger partial charge < -0.3 is 8.83 Å². The molecule has 7 rings (SSSR count). The molecule has 0 bridgehead atoms. The van der Waals surface area contributed by atoms with Crippen LogP contribution in [0.2, 0.25) is 0 Å². The predicted octanol–water partition coefficient (Wildman–Crippen LogP) is 7.75. The van der Waals surface area contributed by atoms with Crippen molar-refractivity contribution >= 4 is 61.2 Å². The van der Waals surface area contributed by atoms with E-state index >= 15 is 0 Å². The van der Waals surface area contributed by atoms with Gasteiger partial charge in [0.1, 0.15) is 28.1 Å². The SMILES string of the molecule is c1ccc(N(c2ccc3oc4ccncc4c3c2)c2ccc3oc4ccccc4c3n2)cc1. The summed E-state index contributed by atoms with van der Waals surface area (Å²) < 4.78 is 12.0. The van der Waals surface area contributed by atoms with Crippen LogP contribution < -0.4 is 4.90 Å². The quantitative estimate of drug-likeness (QED) is 0.289. The summed E-state index contributed by atoms with van der Waals surface area (Å²) in [7, 11) is 0. The molecule has 7 aromatic rings. The lowest BCUT2D eigenvalue weighted by Gasteiger charge is -2.24. The van der Waals surface area contributed by atoms with Gasteiger partial charge in [0.25, 0.3) is 0 Å². The molecule has 0 aliphatic carbocycles. The fraction of sp³-hybridized carbons (Fsp3) is 0. The van der Waals surface area contributed by atoms with Gasteiger partial charge in [-0.25, -0.2) is 4.98 Å². The molecule has 0 N–H and O–H groups in total. The second kappa shape index (κ2) is 6.93. The minimum Gasteiger partial charge on any atom is -0.456 e. The number of furan rings is 2. The molecular weight excluding hydrogens is 410 g/mol. The Morgan fingerprint density at radius 1 is 0.576 bits per heavy atom. The molecule has 0 atom stereocenters. The third-order valence-corrected chi connectivity index (χ3v) is 5.96. The maximum Gasteiger partial charge on any atom is 0.154 e. The topological polar surface area (TPSA) is 55.3 Å². The van der Waals surface area contributed by atoms with Crippen LogP contribution in [0, 0.1) is 0 Å². The zero-order valence-electron chi connectivity index (χ0n) is 17.5. The lowest BCUT2D eigenvalue weighted by atomic mass is 10.1. The molecule has 0 aliphatic rings. The molecule has 0 radical (unpaired) electrons. The summed E-state index contributed by atoms with van der Waals surface area (Å²) >= 11 is 0. The molecule has 33 heavy (non-hydrogen) atoms. The van der Waals surface area contributed by atoms with Crippen LogP contribution in [0.4, 0.5) is 17.2 Å². The maximum absolute atomic E-state index is 6.01. The van der Waals surface area contributed by atoms with Crippen LogP contribution in [0.5, 0.6) is 0 Å². The normalized spacial score (nSPS) is 11.6. The van der Waals surface area contributed by atoms with Gasteiger partial charge >= 0.3 is 0 Å². The fourth-order valence-corrected chi connectivity index (χ4v) is 4.44. The molecule has 0 spiro atoms. The Kier molecular flexibility index (Phi) is 3.78. The van der Waals surface area contributed by atoms with Crippen molar-refractivity contribution in [3.63, 3.8) is 0 Å². The zero-order valence-corrected chi connectivity index (χ0v) is 17.5. The summed E-state index contributed by atoms with van der Waals surface area (Å²) in [5.74, 6) is 0.811. The number of fused-ring (bicyclic) bond motifs is 6. The first-order chi connectivity index (χ1) is 16.3. The maximum atomic E-state index is 6.01. The van der Waals surface area contributed by atoms with Gasteiger partial charge in [0.15, 0.2) is 5.58 Å². The number of benzene rings is 3. The molecule has 4 heterocycles. The highest BCUT2D eigenvalue weighted by atomic mass is 16.3. The van der Waals surface area contributed by atoms with Gasteiger partial charge in [0, 0.05) is 39.9 Å². The van der Waals surface area contributed by atoms with E-state index in [1.54, 1.807) is 6.20 Å². The number of hydrogen-bond donors (Lipinski definition) is 0. The Morgan fingerprint density at radius 3 is 2.27 bits per heavy atom. The van der Waals surface area contributed by atoms with E-state index in [4.69, 9.17) is 13.8 Å². The third kappa shape index (κ3) is 2.79. The van der Waals surface area contributed by atoms with E-state index in [1.807, 2.05) is 72.9 Å². The van der Waals surface area contributed by atoms with Crippen molar-refractivity contribution in [1.29, 1.82) is 0 Å². The number of aromatic nitrogens is 2. The van der Waals surface area contributed by atoms with Gasteiger partial charge in [-0.2, -0.15) is 0 Å². The molecule has 0 saturated heterocycles. The Bertz CT molecular complexity index is 1670. The van der Waals surface area contributed by atoms with Crippen molar-refractivity contribution in [2.75, 3.05) is 4.90 Å². The van der Waals surface area contributed by atoms with Crippen molar-refractivity contribution in [2.45, 2.75) is 0 Å². The lowest BCUT2D eigenvalue weighted by Crippen LogP contribution is -2.11. The number of pyridine rings is 2. The highest BCUT2D eigenvalue weighted by Gasteiger charge is 2.18. The summed E-state index contributed by atoms with van der Waals surface area (Å²) in [5.41, 5.74) is 6.12. The Morgan fingerprint density at radius 2 is 1.33 bits per heavy atom. The van der Waals surface area contributed by atoms with E-state index in [0.717, 1.165) is 61.2 Å². The average molecular weight is 427 g/mol. The number of para-hydroxylation sites is 2. The molecular formula is C28H17N3O2. The van der Waals surface area contributed by atoms with Gasteiger partial charge in [0.2, 0.25) is 0 Å². The molecule has 0 amide bonds.